The Morgan fingerprint density at radius 1 is 1.10 bits per heavy atom. The molecule has 0 radical (unpaired) electrons. The molecule has 6 heteroatoms. The standard InChI is InChI=1S/C23H28ClFN2O2/c1-15(2)13-26-23(29)17(4)27(14-18-10-8-16(3)9-11-18)22(28)12-19-20(24)6-5-7-21(19)25/h5-11,15,17H,12-14H2,1-4H3,(H,26,29)/t17-/m1/s1. The molecule has 1 atom stereocenters. The maximum Gasteiger partial charge on any atom is 0.242 e. The van der Waals surface area contributed by atoms with Crippen LogP contribution in [0.4, 0.5) is 4.39 Å². The highest BCUT2D eigenvalue weighted by molar-refractivity contribution is 6.31. The van der Waals surface area contributed by atoms with Crippen molar-refractivity contribution in [2.75, 3.05) is 6.54 Å². The Bertz CT molecular complexity index is 832. The molecule has 1 N–H and O–H groups in total. The molecular weight excluding hydrogens is 391 g/mol. The molecule has 0 aromatic heterocycles. The van der Waals surface area contributed by atoms with Gasteiger partial charge >= 0.3 is 0 Å². The van der Waals surface area contributed by atoms with Crippen molar-refractivity contribution in [2.45, 2.75) is 46.7 Å². The maximum absolute atomic E-state index is 14.2. The van der Waals surface area contributed by atoms with E-state index < -0.39 is 11.9 Å². The summed E-state index contributed by atoms with van der Waals surface area (Å²) in [6.45, 7) is 8.44. The van der Waals surface area contributed by atoms with E-state index in [0.29, 0.717) is 12.5 Å². The van der Waals surface area contributed by atoms with Crippen molar-refractivity contribution in [2.24, 2.45) is 5.92 Å². The van der Waals surface area contributed by atoms with Gasteiger partial charge in [0.15, 0.2) is 0 Å². The number of hydrogen-bond acceptors (Lipinski definition) is 2. The predicted molar refractivity (Wildman–Crippen MR) is 114 cm³/mol. The molecule has 0 saturated heterocycles. The molecule has 2 amide bonds. The topological polar surface area (TPSA) is 49.4 Å². The number of nitrogens with one attached hydrogen (secondary N) is 1. The van der Waals surface area contributed by atoms with Crippen LogP contribution in [0.15, 0.2) is 42.5 Å². The summed E-state index contributed by atoms with van der Waals surface area (Å²) in [6.07, 6.45) is -0.209. The zero-order chi connectivity index (χ0) is 21.6. The van der Waals surface area contributed by atoms with Gasteiger partial charge in [-0.2, -0.15) is 0 Å². The fourth-order valence-electron chi connectivity index (χ4n) is 2.88. The number of benzene rings is 2. The van der Waals surface area contributed by atoms with Gasteiger partial charge in [0, 0.05) is 23.7 Å². The molecule has 2 aromatic rings. The van der Waals surface area contributed by atoms with Crippen LogP contribution in [0.3, 0.4) is 0 Å². The molecule has 0 fully saturated rings. The van der Waals surface area contributed by atoms with E-state index in [1.165, 1.54) is 17.0 Å². The molecule has 0 heterocycles. The number of carbonyl (C=O) groups excluding carboxylic acids is 2. The minimum atomic E-state index is -0.701. The highest BCUT2D eigenvalue weighted by Gasteiger charge is 2.27. The molecule has 0 aliphatic heterocycles. The molecule has 2 aromatic carbocycles. The van der Waals surface area contributed by atoms with Crippen molar-refractivity contribution in [1.82, 2.24) is 10.2 Å². The summed E-state index contributed by atoms with van der Waals surface area (Å²) in [7, 11) is 0. The summed E-state index contributed by atoms with van der Waals surface area (Å²) >= 11 is 6.09. The van der Waals surface area contributed by atoms with Crippen molar-refractivity contribution in [3.05, 3.63) is 70.0 Å². The van der Waals surface area contributed by atoms with E-state index in [1.54, 1.807) is 13.0 Å². The van der Waals surface area contributed by atoms with Crippen LogP contribution < -0.4 is 5.32 Å². The van der Waals surface area contributed by atoms with Gasteiger partial charge in [-0.05, 0) is 37.5 Å². The Morgan fingerprint density at radius 3 is 2.34 bits per heavy atom. The van der Waals surface area contributed by atoms with E-state index in [-0.39, 0.29) is 35.4 Å². The van der Waals surface area contributed by atoms with E-state index in [9.17, 15) is 14.0 Å². The maximum atomic E-state index is 14.2. The Kier molecular flexibility index (Phi) is 8.21. The number of hydrogen-bond donors (Lipinski definition) is 1. The summed E-state index contributed by atoms with van der Waals surface area (Å²) in [5, 5.41) is 3.07. The predicted octanol–water partition coefficient (Wildman–Crippen LogP) is 4.52. The van der Waals surface area contributed by atoms with Gasteiger partial charge < -0.3 is 10.2 Å². The molecule has 2 rings (SSSR count). The van der Waals surface area contributed by atoms with Gasteiger partial charge in [-0.25, -0.2) is 4.39 Å². The largest absolute Gasteiger partial charge is 0.354 e. The van der Waals surface area contributed by atoms with E-state index in [2.05, 4.69) is 5.32 Å². The lowest BCUT2D eigenvalue weighted by Gasteiger charge is -2.29. The molecule has 0 aliphatic carbocycles. The summed E-state index contributed by atoms with van der Waals surface area (Å²) in [4.78, 5) is 27.2. The molecule has 29 heavy (non-hydrogen) atoms. The first-order valence-corrected chi connectivity index (χ1v) is 10.1. The highest BCUT2D eigenvalue weighted by atomic mass is 35.5. The lowest BCUT2D eigenvalue weighted by Crippen LogP contribution is -2.48. The number of amides is 2. The normalized spacial score (nSPS) is 12.0. The van der Waals surface area contributed by atoms with Crippen LogP contribution in [0, 0.1) is 18.7 Å². The molecule has 0 unspecified atom stereocenters. The summed E-state index contributed by atoms with van der Waals surface area (Å²) < 4.78 is 14.2. The van der Waals surface area contributed by atoms with Crippen LogP contribution in [0.5, 0.6) is 0 Å². The highest BCUT2D eigenvalue weighted by Crippen LogP contribution is 2.21. The molecular formula is C23H28ClFN2O2. The zero-order valence-electron chi connectivity index (χ0n) is 17.3. The van der Waals surface area contributed by atoms with Gasteiger partial charge in [0.2, 0.25) is 11.8 Å². The number of rotatable bonds is 8. The van der Waals surface area contributed by atoms with Gasteiger partial charge in [-0.15, -0.1) is 0 Å². The lowest BCUT2D eigenvalue weighted by molar-refractivity contribution is -0.140. The van der Waals surface area contributed by atoms with Crippen molar-refractivity contribution in [3.63, 3.8) is 0 Å². The molecule has 156 valence electrons. The van der Waals surface area contributed by atoms with Crippen LogP contribution in [0.2, 0.25) is 5.02 Å². The quantitative estimate of drug-likeness (QED) is 0.685. The summed E-state index contributed by atoms with van der Waals surface area (Å²) in [5.41, 5.74) is 2.14. The van der Waals surface area contributed by atoms with Crippen molar-refractivity contribution in [1.29, 1.82) is 0 Å². The average Bonchev–Trinajstić information content (AvgIpc) is 2.67. The molecule has 4 nitrogen and oxygen atoms in total. The number of carbonyl (C=O) groups is 2. The summed E-state index contributed by atoms with van der Waals surface area (Å²) in [6, 6.07) is 11.4. The zero-order valence-corrected chi connectivity index (χ0v) is 18.1. The van der Waals surface area contributed by atoms with Crippen LogP contribution in [-0.2, 0) is 22.6 Å². The number of aryl methyl sites for hydroxylation is 1. The second-order valence-corrected chi connectivity index (χ2v) is 8.11. The third-order valence-corrected chi connectivity index (χ3v) is 5.07. The van der Waals surface area contributed by atoms with E-state index >= 15 is 0 Å². The number of halogens is 2. The second kappa shape index (κ2) is 10.4. The van der Waals surface area contributed by atoms with Gasteiger partial charge in [-0.1, -0.05) is 61.3 Å². The van der Waals surface area contributed by atoms with E-state index in [1.807, 2.05) is 45.0 Å². The third-order valence-electron chi connectivity index (χ3n) is 4.72. The Labute approximate surface area is 177 Å². The smallest absolute Gasteiger partial charge is 0.242 e. The van der Waals surface area contributed by atoms with Crippen LogP contribution in [0.1, 0.15) is 37.5 Å². The Hall–Kier alpha value is -2.40. The minimum absolute atomic E-state index is 0.142. The van der Waals surface area contributed by atoms with Crippen LogP contribution >= 0.6 is 11.6 Å². The molecule has 0 aliphatic rings. The molecule has 0 saturated carbocycles. The van der Waals surface area contributed by atoms with Gasteiger partial charge in [-0.3, -0.25) is 9.59 Å². The molecule has 0 bridgehead atoms. The van der Waals surface area contributed by atoms with Gasteiger partial charge in [0.05, 0.1) is 6.42 Å². The van der Waals surface area contributed by atoms with Crippen molar-refractivity contribution >= 4 is 23.4 Å². The SMILES string of the molecule is Cc1ccc(CN(C(=O)Cc2c(F)cccc2Cl)[C@H](C)C(=O)NCC(C)C)cc1. The van der Waals surface area contributed by atoms with Crippen LogP contribution in [-0.4, -0.2) is 29.3 Å². The van der Waals surface area contributed by atoms with Crippen LogP contribution in [0.25, 0.3) is 0 Å². The molecule has 0 spiro atoms. The summed E-state index contributed by atoms with van der Waals surface area (Å²) in [5.74, 6) is -0.828. The second-order valence-electron chi connectivity index (χ2n) is 7.70. The monoisotopic (exact) mass is 418 g/mol. The van der Waals surface area contributed by atoms with Gasteiger partial charge in [0.25, 0.3) is 0 Å². The van der Waals surface area contributed by atoms with Crippen molar-refractivity contribution < 1.29 is 14.0 Å². The van der Waals surface area contributed by atoms with Crippen molar-refractivity contribution in [3.8, 4) is 0 Å². The van der Waals surface area contributed by atoms with E-state index in [4.69, 9.17) is 11.6 Å². The first-order valence-electron chi connectivity index (χ1n) is 9.74. The third kappa shape index (κ3) is 6.57. The lowest BCUT2D eigenvalue weighted by atomic mass is 10.1. The fraction of sp³-hybridized carbons (Fsp3) is 0.391. The Morgan fingerprint density at radius 2 is 1.76 bits per heavy atom. The fourth-order valence-corrected chi connectivity index (χ4v) is 3.11. The first kappa shape index (κ1) is 22.9. The minimum Gasteiger partial charge on any atom is -0.354 e. The van der Waals surface area contributed by atoms with Gasteiger partial charge in [0.1, 0.15) is 11.9 Å². The van der Waals surface area contributed by atoms with E-state index in [0.717, 1.165) is 11.1 Å². The first-order chi connectivity index (χ1) is 13.7. The Balaban J connectivity index is 2.26. The average molecular weight is 419 g/mol. The number of nitrogens with zero attached hydrogens (tertiary/aromatic N) is 1.